The van der Waals surface area contributed by atoms with E-state index in [-0.39, 0.29) is 0 Å². The zero-order valence-electron chi connectivity index (χ0n) is 13.4. The summed E-state index contributed by atoms with van der Waals surface area (Å²) in [5, 5.41) is 0.940. The highest BCUT2D eigenvalue weighted by Crippen LogP contribution is 2.28. The molecule has 3 aromatic rings. The highest BCUT2D eigenvalue weighted by Gasteiger charge is 2.19. The predicted octanol–water partition coefficient (Wildman–Crippen LogP) is 3.87. The SMILES string of the molecule is O=S(=O)(c1ccccc1)n1ccc2ccc(N3CCCCC3)cc21. The van der Waals surface area contributed by atoms with Crippen molar-refractivity contribution in [2.45, 2.75) is 24.2 Å². The van der Waals surface area contributed by atoms with Crippen molar-refractivity contribution >= 4 is 26.6 Å². The van der Waals surface area contributed by atoms with Gasteiger partial charge in [-0.25, -0.2) is 12.4 Å². The first-order chi connectivity index (χ1) is 11.7. The molecule has 0 saturated carbocycles. The van der Waals surface area contributed by atoms with Crippen LogP contribution in [0.3, 0.4) is 0 Å². The van der Waals surface area contributed by atoms with Gasteiger partial charge in [-0.1, -0.05) is 24.3 Å². The number of anilines is 1. The Kier molecular flexibility index (Phi) is 3.81. The summed E-state index contributed by atoms with van der Waals surface area (Å²) in [5.41, 5.74) is 1.84. The van der Waals surface area contributed by atoms with Crippen molar-refractivity contribution in [3.63, 3.8) is 0 Å². The maximum absolute atomic E-state index is 12.9. The molecule has 2 heterocycles. The molecular weight excluding hydrogens is 320 g/mol. The molecule has 0 N–H and O–H groups in total. The van der Waals surface area contributed by atoms with E-state index in [2.05, 4.69) is 11.0 Å². The molecular formula is C19H20N2O2S. The van der Waals surface area contributed by atoms with Gasteiger partial charge in [-0.2, -0.15) is 0 Å². The first kappa shape index (κ1) is 15.3. The normalized spacial score (nSPS) is 15.8. The van der Waals surface area contributed by atoms with Crippen LogP contribution in [-0.2, 0) is 10.0 Å². The van der Waals surface area contributed by atoms with Crippen LogP contribution in [-0.4, -0.2) is 25.5 Å². The van der Waals surface area contributed by atoms with Crippen LogP contribution in [0.1, 0.15) is 19.3 Å². The van der Waals surface area contributed by atoms with Gasteiger partial charge in [0.1, 0.15) is 0 Å². The fourth-order valence-electron chi connectivity index (χ4n) is 3.36. The molecule has 0 spiro atoms. The summed E-state index contributed by atoms with van der Waals surface area (Å²) in [6.07, 6.45) is 5.31. The van der Waals surface area contributed by atoms with Gasteiger partial charge in [-0.3, -0.25) is 0 Å². The topological polar surface area (TPSA) is 42.3 Å². The second-order valence-electron chi connectivity index (χ2n) is 6.22. The number of nitrogens with zero attached hydrogens (tertiary/aromatic N) is 2. The van der Waals surface area contributed by atoms with E-state index < -0.39 is 10.0 Å². The van der Waals surface area contributed by atoms with Crippen LogP contribution in [0.2, 0.25) is 0 Å². The van der Waals surface area contributed by atoms with Crippen molar-refractivity contribution in [2.24, 2.45) is 0 Å². The minimum absolute atomic E-state index is 0.311. The van der Waals surface area contributed by atoms with Crippen LogP contribution in [0.25, 0.3) is 10.9 Å². The van der Waals surface area contributed by atoms with Crippen LogP contribution in [0.5, 0.6) is 0 Å². The second kappa shape index (κ2) is 5.98. The van der Waals surface area contributed by atoms with E-state index in [1.165, 1.54) is 23.2 Å². The summed E-state index contributed by atoms with van der Waals surface area (Å²) in [7, 11) is -3.57. The van der Waals surface area contributed by atoms with Gasteiger partial charge in [0, 0.05) is 30.4 Å². The van der Waals surface area contributed by atoms with Gasteiger partial charge in [0.05, 0.1) is 10.4 Å². The summed E-state index contributed by atoms with van der Waals surface area (Å²) >= 11 is 0. The van der Waals surface area contributed by atoms with E-state index in [0.717, 1.165) is 29.7 Å². The van der Waals surface area contributed by atoms with Gasteiger partial charge in [0.15, 0.2) is 0 Å². The maximum atomic E-state index is 12.9. The zero-order valence-corrected chi connectivity index (χ0v) is 14.2. The molecule has 0 aliphatic carbocycles. The number of hydrogen-bond acceptors (Lipinski definition) is 3. The molecule has 1 aromatic heterocycles. The molecule has 1 fully saturated rings. The molecule has 0 radical (unpaired) electrons. The molecule has 1 aliphatic heterocycles. The van der Waals surface area contributed by atoms with Gasteiger partial charge in [-0.15, -0.1) is 0 Å². The molecule has 0 amide bonds. The Balaban J connectivity index is 1.81. The molecule has 4 nitrogen and oxygen atoms in total. The Labute approximate surface area is 142 Å². The summed E-state index contributed by atoms with van der Waals surface area (Å²) < 4.78 is 27.3. The van der Waals surface area contributed by atoms with Crippen molar-refractivity contribution < 1.29 is 8.42 Å². The standard InChI is InChI=1S/C19H20N2O2S/c22-24(23,18-7-3-1-4-8-18)21-14-11-16-9-10-17(15-19(16)21)20-12-5-2-6-13-20/h1,3-4,7-11,14-15H,2,5-6,12-13H2. The Morgan fingerprint density at radius 1 is 0.833 bits per heavy atom. The third-order valence-electron chi connectivity index (χ3n) is 4.66. The van der Waals surface area contributed by atoms with Crippen LogP contribution in [0, 0.1) is 0 Å². The quantitative estimate of drug-likeness (QED) is 0.727. The summed E-state index contributed by atoms with van der Waals surface area (Å²) in [5.74, 6) is 0. The van der Waals surface area contributed by atoms with Gasteiger partial charge in [0.2, 0.25) is 0 Å². The molecule has 24 heavy (non-hydrogen) atoms. The van der Waals surface area contributed by atoms with Crippen LogP contribution < -0.4 is 4.90 Å². The van der Waals surface area contributed by atoms with Crippen LogP contribution in [0.4, 0.5) is 5.69 Å². The zero-order chi connectivity index (χ0) is 16.6. The average molecular weight is 340 g/mol. The lowest BCUT2D eigenvalue weighted by atomic mass is 10.1. The Morgan fingerprint density at radius 3 is 2.33 bits per heavy atom. The lowest BCUT2D eigenvalue weighted by molar-refractivity contribution is 0.578. The number of aromatic nitrogens is 1. The van der Waals surface area contributed by atoms with E-state index >= 15 is 0 Å². The van der Waals surface area contributed by atoms with Gasteiger partial charge in [0.25, 0.3) is 10.0 Å². The largest absolute Gasteiger partial charge is 0.371 e. The Bertz CT molecular complexity index is 955. The van der Waals surface area contributed by atoms with Gasteiger partial charge in [-0.05, 0) is 49.6 Å². The minimum Gasteiger partial charge on any atom is -0.371 e. The lowest BCUT2D eigenvalue weighted by Gasteiger charge is -2.28. The van der Waals surface area contributed by atoms with E-state index in [1.54, 1.807) is 30.5 Å². The third-order valence-corrected chi connectivity index (χ3v) is 6.37. The van der Waals surface area contributed by atoms with E-state index in [9.17, 15) is 8.42 Å². The highest BCUT2D eigenvalue weighted by molar-refractivity contribution is 7.90. The monoisotopic (exact) mass is 340 g/mol. The Hall–Kier alpha value is -2.27. The van der Waals surface area contributed by atoms with E-state index in [0.29, 0.717) is 4.90 Å². The molecule has 1 saturated heterocycles. The number of benzene rings is 2. The molecule has 1 aliphatic rings. The van der Waals surface area contributed by atoms with Gasteiger partial charge >= 0.3 is 0 Å². The van der Waals surface area contributed by atoms with E-state index in [1.807, 2.05) is 24.3 Å². The predicted molar refractivity (Wildman–Crippen MR) is 97.0 cm³/mol. The first-order valence-electron chi connectivity index (χ1n) is 8.33. The summed E-state index contributed by atoms with van der Waals surface area (Å²) in [4.78, 5) is 2.65. The fraction of sp³-hybridized carbons (Fsp3) is 0.263. The number of hydrogen-bond donors (Lipinski definition) is 0. The molecule has 124 valence electrons. The molecule has 0 bridgehead atoms. The summed E-state index contributed by atoms with van der Waals surface area (Å²) in [6.45, 7) is 2.08. The van der Waals surface area contributed by atoms with Crippen LogP contribution in [0.15, 0.2) is 65.7 Å². The van der Waals surface area contributed by atoms with Crippen molar-refractivity contribution in [1.82, 2.24) is 3.97 Å². The lowest BCUT2D eigenvalue weighted by Crippen LogP contribution is -2.29. The van der Waals surface area contributed by atoms with Crippen molar-refractivity contribution in [3.05, 3.63) is 60.8 Å². The Morgan fingerprint density at radius 2 is 1.58 bits per heavy atom. The third kappa shape index (κ3) is 2.59. The van der Waals surface area contributed by atoms with E-state index in [4.69, 9.17) is 0 Å². The van der Waals surface area contributed by atoms with Gasteiger partial charge < -0.3 is 4.90 Å². The molecule has 5 heteroatoms. The van der Waals surface area contributed by atoms with Crippen molar-refractivity contribution in [1.29, 1.82) is 0 Å². The summed E-state index contributed by atoms with van der Waals surface area (Å²) in [6, 6.07) is 16.5. The molecule has 2 aromatic carbocycles. The smallest absolute Gasteiger partial charge is 0.268 e. The maximum Gasteiger partial charge on any atom is 0.268 e. The molecule has 4 rings (SSSR count). The van der Waals surface area contributed by atoms with Crippen LogP contribution >= 0.6 is 0 Å². The van der Waals surface area contributed by atoms with Crippen molar-refractivity contribution in [3.8, 4) is 0 Å². The number of fused-ring (bicyclic) bond motifs is 1. The van der Waals surface area contributed by atoms with Crippen molar-refractivity contribution in [2.75, 3.05) is 18.0 Å². The average Bonchev–Trinajstić information content (AvgIpc) is 3.07. The fourth-order valence-corrected chi connectivity index (χ4v) is 4.72. The second-order valence-corrected chi connectivity index (χ2v) is 8.04. The minimum atomic E-state index is -3.57. The highest BCUT2D eigenvalue weighted by atomic mass is 32.2. The number of rotatable bonds is 3. The molecule has 0 unspecified atom stereocenters. The number of piperidine rings is 1. The molecule has 0 atom stereocenters. The first-order valence-corrected chi connectivity index (χ1v) is 9.77.